The lowest BCUT2D eigenvalue weighted by Crippen LogP contribution is -2.18. The van der Waals surface area contributed by atoms with Crippen molar-refractivity contribution in [1.29, 1.82) is 0 Å². The number of benzene rings is 2. The van der Waals surface area contributed by atoms with Crippen LogP contribution in [0.1, 0.15) is 21.6 Å². The Labute approximate surface area is 202 Å². The SMILES string of the molecule is CNC(=O)c1ccc(Nc2ncc(-c3cc(C)[nH]n3)c(N)n2)cc1Cl.OCCc1ccccc1. The second-order valence-electron chi connectivity index (χ2n) is 7.29. The van der Waals surface area contributed by atoms with Crippen LogP contribution in [-0.4, -0.2) is 44.8 Å². The molecule has 4 rings (SSSR count). The molecular formula is C24H26ClN7O2. The van der Waals surface area contributed by atoms with Gasteiger partial charge < -0.3 is 21.5 Å². The van der Waals surface area contributed by atoms with Gasteiger partial charge in [0.05, 0.1) is 21.8 Å². The molecule has 0 atom stereocenters. The molecule has 2 aromatic heterocycles. The number of nitrogens with one attached hydrogen (secondary N) is 3. The third-order valence-electron chi connectivity index (χ3n) is 4.74. The number of carbonyl (C=O) groups excluding carboxylic acids is 1. The molecule has 10 heteroatoms. The normalized spacial score (nSPS) is 10.2. The predicted octanol–water partition coefficient (Wildman–Crippen LogP) is 3.74. The van der Waals surface area contributed by atoms with E-state index in [1.54, 1.807) is 31.4 Å². The number of amides is 1. The van der Waals surface area contributed by atoms with Gasteiger partial charge in [-0.2, -0.15) is 10.1 Å². The van der Waals surface area contributed by atoms with Gasteiger partial charge >= 0.3 is 0 Å². The number of aromatic nitrogens is 4. The fourth-order valence-corrected chi connectivity index (χ4v) is 3.29. The molecule has 1 amide bonds. The molecule has 9 nitrogen and oxygen atoms in total. The molecule has 0 fully saturated rings. The zero-order valence-electron chi connectivity index (χ0n) is 18.8. The third-order valence-corrected chi connectivity index (χ3v) is 5.05. The van der Waals surface area contributed by atoms with E-state index in [0.717, 1.165) is 12.1 Å². The number of H-pyrrole nitrogens is 1. The molecule has 0 aliphatic heterocycles. The fourth-order valence-electron chi connectivity index (χ4n) is 3.02. The summed E-state index contributed by atoms with van der Waals surface area (Å²) in [5, 5.41) is 21.4. The van der Waals surface area contributed by atoms with Crippen molar-refractivity contribution < 1.29 is 9.90 Å². The van der Waals surface area contributed by atoms with Crippen molar-refractivity contribution in [2.75, 3.05) is 24.7 Å². The van der Waals surface area contributed by atoms with Gasteiger partial charge in [-0.05, 0) is 43.2 Å². The minimum atomic E-state index is -0.254. The molecular weight excluding hydrogens is 454 g/mol. The Morgan fingerprint density at radius 1 is 1.18 bits per heavy atom. The minimum absolute atomic E-state index is 0.240. The maximum atomic E-state index is 11.7. The maximum absolute atomic E-state index is 11.7. The van der Waals surface area contributed by atoms with E-state index in [-0.39, 0.29) is 12.5 Å². The summed E-state index contributed by atoms with van der Waals surface area (Å²) in [6.45, 7) is 2.14. The van der Waals surface area contributed by atoms with Crippen LogP contribution in [-0.2, 0) is 6.42 Å². The van der Waals surface area contributed by atoms with E-state index in [1.807, 2.05) is 43.3 Å². The smallest absolute Gasteiger partial charge is 0.252 e. The molecule has 0 saturated carbocycles. The summed E-state index contributed by atoms with van der Waals surface area (Å²) in [6, 6.07) is 16.8. The summed E-state index contributed by atoms with van der Waals surface area (Å²) in [5.74, 6) is 0.366. The van der Waals surface area contributed by atoms with E-state index in [4.69, 9.17) is 22.4 Å². The van der Waals surface area contributed by atoms with Crippen LogP contribution >= 0.6 is 11.6 Å². The first-order chi connectivity index (χ1) is 16.4. The lowest BCUT2D eigenvalue weighted by Gasteiger charge is -2.09. The highest BCUT2D eigenvalue weighted by molar-refractivity contribution is 6.34. The fraction of sp³-hybridized carbons (Fsp3) is 0.167. The van der Waals surface area contributed by atoms with Crippen molar-refractivity contribution in [3.05, 3.63) is 82.6 Å². The minimum Gasteiger partial charge on any atom is -0.396 e. The molecule has 6 N–H and O–H groups in total. The largest absolute Gasteiger partial charge is 0.396 e. The number of nitrogen functional groups attached to an aromatic ring is 1. The highest BCUT2D eigenvalue weighted by Crippen LogP contribution is 2.26. The van der Waals surface area contributed by atoms with Gasteiger partial charge in [0.25, 0.3) is 5.91 Å². The summed E-state index contributed by atoms with van der Waals surface area (Å²) < 4.78 is 0. The number of anilines is 3. The topological polar surface area (TPSA) is 142 Å². The number of aryl methyl sites for hydroxylation is 1. The van der Waals surface area contributed by atoms with Crippen molar-refractivity contribution in [2.45, 2.75) is 13.3 Å². The van der Waals surface area contributed by atoms with Gasteiger partial charge in [-0.15, -0.1) is 0 Å². The van der Waals surface area contributed by atoms with E-state index in [0.29, 0.717) is 39.3 Å². The summed E-state index contributed by atoms with van der Waals surface area (Å²) in [5.41, 5.74) is 10.5. The molecule has 2 aromatic carbocycles. The van der Waals surface area contributed by atoms with Crippen LogP contribution in [0, 0.1) is 6.92 Å². The van der Waals surface area contributed by atoms with Crippen molar-refractivity contribution in [3.63, 3.8) is 0 Å². The number of aromatic amines is 1. The van der Waals surface area contributed by atoms with Gasteiger partial charge in [0.15, 0.2) is 0 Å². The Morgan fingerprint density at radius 2 is 1.94 bits per heavy atom. The van der Waals surface area contributed by atoms with Crippen LogP contribution in [0.3, 0.4) is 0 Å². The van der Waals surface area contributed by atoms with Crippen molar-refractivity contribution in [2.24, 2.45) is 0 Å². The molecule has 0 bridgehead atoms. The number of nitrogens with zero attached hydrogens (tertiary/aromatic N) is 3. The number of aliphatic hydroxyl groups excluding tert-OH is 1. The van der Waals surface area contributed by atoms with Crippen LogP contribution in [0.4, 0.5) is 17.5 Å². The lowest BCUT2D eigenvalue weighted by atomic mass is 10.2. The maximum Gasteiger partial charge on any atom is 0.252 e. The number of hydrogen-bond donors (Lipinski definition) is 5. The molecule has 0 saturated heterocycles. The van der Waals surface area contributed by atoms with E-state index < -0.39 is 0 Å². The van der Waals surface area contributed by atoms with Crippen LogP contribution in [0.25, 0.3) is 11.3 Å². The molecule has 0 aliphatic rings. The summed E-state index contributed by atoms with van der Waals surface area (Å²) in [4.78, 5) is 20.1. The summed E-state index contributed by atoms with van der Waals surface area (Å²) in [6.07, 6.45) is 2.36. The Morgan fingerprint density at radius 3 is 2.53 bits per heavy atom. The highest BCUT2D eigenvalue weighted by Gasteiger charge is 2.12. The number of rotatable bonds is 6. The Balaban J connectivity index is 0.000000302. The highest BCUT2D eigenvalue weighted by atomic mass is 35.5. The second kappa shape index (κ2) is 11.8. The van der Waals surface area contributed by atoms with E-state index in [9.17, 15) is 4.79 Å². The first kappa shape index (κ1) is 24.7. The van der Waals surface area contributed by atoms with E-state index in [2.05, 4.69) is 30.8 Å². The molecule has 34 heavy (non-hydrogen) atoms. The average molecular weight is 480 g/mol. The van der Waals surface area contributed by atoms with E-state index in [1.165, 1.54) is 5.56 Å². The Hall–Kier alpha value is -3.95. The Kier molecular flexibility index (Phi) is 8.55. The standard InChI is InChI=1S/C16H16ClN7O.C8H10O/c1-8-5-13(24-23-8)11-7-20-16(22-14(11)18)21-9-3-4-10(12(17)6-9)15(25)19-2;9-7-6-8-4-2-1-3-5-8/h3-7H,1-2H3,(H,19,25)(H,23,24)(H3,18,20,21,22);1-5,9H,6-7H2. The second-order valence-corrected chi connectivity index (χ2v) is 7.69. The van der Waals surface area contributed by atoms with Gasteiger partial charge in [-0.3, -0.25) is 9.89 Å². The number of nitrogens with two attached hydrogens (primary N) is 1. The lowest BCUT2D eigenvalue weighted by molar-refractivity contribution is 0.0963. The van der Waals surface area contributed by atoms with Gasteiger partial charge in [0.1, 0.15) is 5.82 Å². The van der Waals surface area contributed by atoms with Gasteiger partial charge in [0.2, 0.25) is 5.95 Å². The van der Waals surface area contributed by atoms with Gasteiger partial charge in [-0.1, -0.05) is 41.9 Å². The van der Waals surface area contributed by atoms with Crippen LogP contribution < -0.4 is 16.4 Å². The zero-order valence-corrected chi connectivity index (χ0v) is 19.6. The first-order valence-corrected chi connectivity index (χ1v) is 10.9. The van der Waals surface area contributed by atoms with Crippen LogP contribution in [0.15, 0.2) is 60.8 Å². The number of carbonyl (C=O) groups is 1. The molecule has 176 valence electrons. The van der Waals surface area contributed by atoms with Crippen molar-refractivity contribution >= 4 is 35.0 Å². The monoisotopic (exact) mass is 479 g/mol. The van der Waals surface area contributed by atoms with E-state index >= 15 is 0 Å². The number of aliphatic hydroxyl groups is 1. The summed E-state index contributed by atoms with van der Waals surface area (Å²) in [7, 11) is 1.55. The molecule has 0 unspecified atom stereocenters. The molecule has 2 heterocycles. The number of hydrogen-bond acceptors (Lipinski definition) is 7. The zero-order chi connectivity index (χ0) is 24.5. The molecule has 4 aromatic rings. The quantitative estimate of drug-likeness (QED) is 0.283. The molecule has 0 radical (unpaired) electrons. The van der Waals surface area contributed by atoms with Crippen molar-refractivity contribution in [1.82, 2.24) is 25.5 Å². The molecule has 0 aliphatic carbocycles. The average Bonchev–Trinajstić information content (AvgIpc) is 3.26. The third kappa shape index (κ3) is 6.53. The molecule has 0 spiro atoms. The summed E-state index contributed by atoms with van der Waals surface area (Å²) >= 11 is 6.13. The Bertz CT molecular complexity index is 1250. The number of halogens is 1. The first-order valence-electron chi connectivity index (χ1n) is 10.5. The van der Waals surface area contributed by atoms with Gasteiger partial charge in [-0.25, -0.2) is 4.98 Å². The van der Waals surface area contributed by atoms with Crippen LogP contribution in [0.2, 0.25) is 5.02 Å². The predicted molar refractivity (Wildman–Crippen MR) is 134 cm³/mol. The van der Waals surface area contributed by atoms with Gasteiger partial charge in [0, 0.05) is 31.2 Å². The van der Waals surface area contributed by atoms with Crippen molar-refractivity contribution in [3.8, 4) is 11.3 Å². The van der Waals surface area contributed by atoms with Crippen LogP contribution in [0.5, 0.6) is 0 Å².